The number of carbonyl (C=O) groups excluding carboxylic acids is 2. The van der Waals surface area contributed by atoms with Crippen LogP contribution in [0, 0.1) is 0 Å². The summed E-state index contributed by atoms with van der Waals surface area (Å²) in [5.74, 6) is 0.479. The van der Waals surface area contributed by atoms with Crippen LogP contribution in [0.15, 0.2) is 53.3 Å². The Balaban J connectivity index is 1.54. The zero-order valence-electron chi connectivity index (χ0n) is 16.7. The summed E-state index contributed by atoms with van der Waals surface area (Å²) in [5, 5.41) is 10.1. The van der Waals surface area contributed by atoms with E-state index in [2.05, 4.69) is 15.5 Å². The van der Waals surface area contributed by atoms with E-state index in [1.807, 2.05) is 6.07 Å². The number of amides is 1. The molecular formula is C21H21N3O6. The average Bonchev–Trinajstić information content (AvgIpc) is 3.32. The molecule has 1 heterocycles. The predicted octanol–water partition coefficient (Wildman–Crippen LogP) is 2.62. The normalized spacial score (nSPS) is 11.4. The molecule has 1 aromatic heterocycles. The Kier molecular flexibility index (Phi) is 6.63. The molecule has 0 spiro atoms. The lowest BCUT2D eigenvalue weighted by Crippen LogP contribution is -2.35. The highest BCUT2D eigenvalue weighted by Crippen LogP contribution is 2.27. The number of esters is 1. The van der Waals surface area contributed by atoms with Crippen molar-refractivity contribution in [2.24, 2.45) is 0 Å². The smallest absolute Gasteiger partial charge is 0.338 e. The molecule has 0 radical (unpaired) electrons. The zero-order valence-corrected chi connectivity index (χ0v) is 16.7. The van der Waals surface area contributed by atoms with Crippen molar-refractivity contribution in [2.45, 2.75) is 19.6 Å². The van der Waals surface area contributed by atoms with E-state index in [-0.39, 0.29) is 6.54 Å². The fourth-order valence-electron chi connectivity index (χ4n) is 2.65. The number of hydrogen-bond acceptors (Lipinski definition) is 8. The van der Waals surface area contributed by atoms with Crippen LogP contribution in [0.4, 0.5) is 0 Å². The average molecular weight is 411 g/mol. The summed E-state index contributed by atoms with van der Waals surface area (Å²) in [6, 6.07) is 11.8. The highest BCUT2D eigenvalue weighted by molar-refractivity contribution is 5.92. The highest BCUT2D eigenvalue weighted by atomic mass is 16.5. The Morgan fingerprint density at radius 1 is 1.07 bits per heavy atom. The third-order valence-corrected chi connectivity index (χ3v) is 4.30. The number of nitrogens with zero attached hydrogens (tertiary/aromatic N) is 2. The highest BCUT2D eigenvalue weighted by Gasteiger charge is 2.19. The molecule has 0 aliphatic carbocycles. The van der Waals surface area contributed by atoms with Gasteiger partial charge in [-0.3, -0.25) is 4.79 Å². The molecule has 3 aromatic rings. The van der Waals surface area contributed by atoms with Crippen LogP contribution in [-0.4, -0.2) is 42.4 Å². The third-order valence-electron chi connectivity index (χ3n) is 4.30. The van der Waals surface area contributed by atoms with E-state index in [0.717, 1.165) is 5.56 Å². The summed E-state index contributed by atoms with van der Waals surface area (Å²) in [6.45, 7) is 1.76. The van der Waals surface area contributed by atoms with E-state index >= 15 is 0 Å². The van der Waals surface area contributed by atoms with Crippen molar-refractivity contribution in [1.29, 1.82) is 0 Å². The SMILES string of the molecule is COc1ccc(CNC(=O)[C@@H](C)OC(=O)c2ccc(-c3nnco3)cc2)cc1OC. The van der Waals surface area contributed by atoms with Crippen molar-refractivity contribution >= 4 is 11.9 Å². The zero-order chi connectivity index (χ0) is 21.5. The molecule has 0 unspecified atom stereocenters. The molecule has 0 bridgehead atoms. The second-order valence-corrected chi connectivity index (χ2v) is 6.28. The molecule has 0 aliphatic heterocycles. The van der Waals surface area contributed by atoms with Gasteiger partial charge in [-0.2, -0.15) is 0 Å². The topological polar surface area (TPSA) is 113 Å². The second-order valence-electron chi connectivity index (χ2n) is 6.28. The van der Waals surface area contributed by atoms with Crippen LogP contribution in [-0.2, 0) is 16.1 Å². The Labute approximate surface area is 173 Å². The van der Waals surface area contributed by atoms with E-state index in [4.69, 9.17) is 18.6 Å². The maximum absolute atomic E-state index is 12.3. The van der Waals surface area contributed by atoms with Crippen molar-refractivity contribution in [1.82, 2.24) is 15.5 Å². The van der Waals surface area contributed by atoms with Gasteiger partial charge in [-0.05, 0) is 48.9 Å². The van der Waals surface area contributed by atoms with Crippen LogP contribution in [0.3, 0.4) is 0 Å². The summed E-state index contributed by atoms with van der Waals surface area (Å²) in [4.78, 5) is 24.6. The van der Waals surface area contributed by atoms with Crippen LogP contribution in [0.25, 0.3) is 11.5 Å². The summed E-state index contributed by atoms with van der Waals surface area (Å²) in [7, 11) is 3.09. The van der Waals surface area contributed by atoms with Crippen LogP contribution in [0.5, 0.6) is 11.5 Å². The molecule has 0 saturated heterocycles. The number of aromatic nitrogens is 2. The molecule has 1 atom stereocenters. The number of benzene rings is 2. The Hall–Kier alpha value is -3.88. The number of hydrogen-bond donors (Lipinski definition) is 1. The fourth-order valence-corrected chi connectivity index (χ4v) is 2.65. The Bertz CT molecular complexity index is 1000. The van der Waals surface area contributed by atoms with Crippen molar-refractivity contribution in [3.63, 3.8) is 0 Å². The molecule has 9 nitrogen and oxygen atoms in total. The molecule has 1 amide bonds. The third kappa shape index (κ3) is 4.93. The van der Waals surface area contributed by atoms with Gasteiger partial charge in [-0.1, -0.05) is 6.07 Å². The molecule has 3 rings (SSSR count). The van der Waals surface area contributed by atoms with Gasteiger partial charge in [0.2, 0.25) is 12.3 Å². The van der Waals surface area contributed by atoms with E-state index in [0.29, 0.717) is 28.5 Å². The van der Waals surface area contributed by atoms with Gasteiger partial charge >= 0.3 is 5.97 Å². The van der Waals surface area contributed by atoms with Gasteiger partial charge in [0, 0.05) is 12.1 Å². The van der Waals surface area contributed by atoms with Crippen LogP contribution in [0.1, 0.15) is 22.8 Å². The Morgan fingerprint density at radius 3 is 2.43 bits per heavy atom. The lowest BCUT2D eigenvalue weighted by atomic mass is 10.1. The number of rotatable bonds is 8. The van der Waals surface area contributed by atoms with Crippen LogP contribution in [0.2, 0.25) is 0 Å². The first-order chi connectivity index (χ1) is 14.5. The van der Waals surface area contributed by atoms with Gasteiger partial charge in [-0.25, -0.2) is 4.79 Å². The van der Waals surface area contributed by atoms with Gasteiger partial charge in [0.05, 0.1) is 19.8 Å². The predicted molar refractivity (Wildman–Crippen MR) is 106 cm³/mol. The van der Waals surface area contributed by atoms with Gasteiger partial charge < -0.3 is 23.9 Å². The van der Waals surface area contributed by atoms with Gasteiger partial charge in [0.15, 0.2) is 17.6 Å². The quantitative estimate of drug-likeness (QED) is 0.563. The minimum absolute atomic E-state index is 0.250. The van der Waals surface area contributed by atoms with Crippen LogP contribution >= 0.6 is 0 Å². The number of nitrogens with one attached hydrogen (secondary N) is 1. The number of ether oxygens (including phenoxy) is 3. The lowest BCUT2D eigenvalue weighted by Gasteiger charge is -2.14. The largest absolute Gasteiger partial charge is 0.493 e. The molecular weight excluding hydrogens is 390 g/mol. The molecule has 0 aliphatic rings. The van der Waals surface area contributed by atoms with Crippen molar-refractivity contribution in [2.75, 3.05) is 14.2 Å². The molecule has 0 saturated carbocycles. The fraction of sp³-hybridized carbons (Fsp3) is 0.238. The van der Waals surface area contributed by atoms with Crippen LogP contribution < -0.4 is 14.8 Å². The minimum atomic E-state index is -0.965. The monoisotopic (exact) mass is 411 g/mol. The standard InChI is InChI=1S/C21H21N3O6/c1-13(19(25)22-11-14-4-9-17(27-2)18(10-14)28-3)30-21(26)16-7-5-15(6-8-16)20-24-23-12-29-20/h4-10,12-13H,11H2,1-3H3,(H,22,25)/t13-/m1/s1. The number of methoxy groups -OCH3 is 2. The molecule has 2 aromatic carbocycles. The lowest BCUT2D eigenvalue weighted by molar-refractivity contribution is -0.129. The first-order valence-electron chi connectivity index (χ1n) is 9.08. The second kappa shape index (κ2) is 9.55. The summed E-state index contributed by atoms with van der Waals surface area (Å²) < 4.78 is 20.8. The first kappa shape index (κ1) is 20.8. The van der Waals surface area contributed by atoms with E-state index in [1.165, 1.54) is 20.4 Å². The van der Waals surface area contributed by atoms with Gasteiger partial charge in [-0.15, -0.1) is 10.2 Å². The first-order valence-corrected chi connectivity index (χ1v) is 9.08. The molecule has 0 fully saturated rings. The Morgan fingerprint density at radius 2 is 1.80 bits per heavy atom. The summed E-state index contributed by atoms with van der Waals surface area (Å²) in [6.07, 6.45) is 0.257. The summed E-state index contributed by atoms with van der Waals surface area (Å²) >= 11 is 0. The van der Waals surface area contributed by atoms with E-state index < -0.39 is 18.0 Å². The summed E-state index contributed by atoms with van der Waals surface area (Å²) in [5.41, 5.74) is 1.79. The minimum Gasteiger partial charge on any atom is -0.493 e. The van der Waals surface area contributed by atoms with Crippen molar-refractivity contribution in [3.8, 4) is 23.0 Å². The molecule has 1 N–H and O–H groups in total. The van der Waals surface area contributed by atoms with Crippen molar-refractivity contribution in [3.05, 3.63) is 60.0 Å². The molecule has 156 valence electrons. The van der Waals surface area contributed by atoms with Crippen molar-refractivity contribution < 1.29 is 28.2 Å². The van der Waals surface area contributed by atoms with E-state index in [1.54, 1.807) is 43.5 Å². The molecule has 30 heavy (non-hydrogen) atoms. The number of carbonyl (C=O) groups is 2. The van der Waals surface area contributed by atoms with E-state index in [9.17, 15) is 9.59 Å². The molecule has 9 heteroatoms. The maximum Gasteiger partial charge on any atom is 0.338 e. The maximum atomic E-state index is 12.3. The van der Waals surface area contributed by atoms with Gasteiger partial charge in [0.25, 0.3) is 5.91 Å². The van der Waals surface area contributed by atoms with Gasteiger partial charge in [0.1, 0.15) is 0 Å².